The van der Waals surface area contributed by atoms with Crippen LogP contribution >= 0.6 is 0 Å². The summed E-state index contributed by atoms with van der Waals surface area (Å²) in [6, 6.07) is 0. The normalized spacial score (nSPS) is 17.5. The molecule has 0 fully saturated rings. The first kappa shape index (κ1) is 7.83. The van der Waals surface area contributed by atoms with E-state index in [0.29, 0.717) is 0 Å². The minimum Gasteiger partial charge on any atom is -0.277 e. The fraction of sp³-hybridized carbons (Fsp3) is 0.857. The van der Waals surface area contributed by atoms with E-state index in [2.05, 4.69) is 32.5 Å². The van der Waals surface area contributed by atoms with E-state index in [9.17, 15) is 0 Å². The Morgan fingerprint density at radius 3 is 2.12 bits per heavy atom. The number of hydrogen-bond donors (Lipinski definition) is 1. The van der Waals surface area contributed by atoms with Crippen molar-refractivity contribution in [1.82, 2.24) is 5.32 Å². The molecule has 8 heavy (non-hydrogen) atoms. The third kappa shape index (κ3) is 1.74. The van der Waals surface area contributed by atoms with E-state index in [4.69, 9.17) is 0 Å². The Hall–Kier alpha value is -0.170. The molecule has 0 spiro atoms. The molecule has 1 atom stereocenters. The van der Waals surface area contributed by atoms with Gasteiger partial charge in [-0.3, -0.25) is 5.32 Å². The molecular weight excluding hydrogens is 98.1 g/mol. The fourth-order valence-electron chi connectivity index (χ4n) is 0.525. The van der Waals surface area contributed by atoms with Crippen molar-refractivity contribution in [2.75, 3.05) is 7.05 Å². The third-order valence-electron chi connectivity index (χ3n) is 1.94. The standard InChI is InChI=1S/C7H16N/c1-5-7(3,6-2)8-4/h5,8H,6H2,1-4H3/q+1. The highest BCUT2D eigenvalue weighted by molar-refractivity contribution is 4.90. The van der Waals surface area contributed by atoms with Crippen molar-refractivity contribution in [3.63, 3.8) is 0 Å². The lowest BCUT2D eigenvalue weighted by molar-refractivity contribution is 0.431. The van der Waals surface area contributed by atoms with Crippen LogP contribution in [-0.2, 0) is 0 Å². The van der Waals surface area contributed by atoms with Crippen LogP contribution in [0.1, 0.15) is 27.2 Å². The van der Waals surface area contributed by atoms with Gasteiger partial charge < -0.3 is 0 Å². The average Bonchev–Trinajstić information content (AvgIpc) is 1.87. The summed E-state index contributed by atoms with van der Waals surface area (Å²) in [5.74, 6) is 0. The molecule has 1 N–H and O–H groups in total. The molecule has 0 radical (unpaired) electrons. The summed E-state index contributed by atoms with van der Waals surface area (Å²) in [6.45, 7) is 6.45. The Kier molecular flexibility index (Phi) is 2.91. The van der Waals surface area contributed by atoms with Crippen molar-refractivity contribution in [2.45, 2.75) is 32.7 Å². The Morgan fingerprint density at radius 2 is 2.12 bits per heavy atom. The molecule has 0 aliphatic carbocycles. The van der Waals surface area contributed by atoms with E-state index >= 15 is 0 Å². The first-order valence-corrected chi connectivity index (χ1v) is 3.18. The van der Waals surface area contributed by atoms with Gasteiger partial charge in [-0.1, -0.05) is 6.92 Å². The minimum absolute atomic E-state index is 0.250. The Labute approximate surface area is 52.5 Å². The van der Waals surface area contributed by atoms with Gasteiger partial charge in [-0.2, -0.15) is 0 Å². The molecule has 0 rings (SSSR count). The highest BCUT2D eigenvalue weighted by Crippen LogP contribution is 2.10. The predicted molar refractivity (Wildman–Crippen MR) is 37.7 cm³/mol. The summed E-state index contributed by atoms with van der Waals surface area (Å²) in [4.78, 5) is 0. The molecule has 0 amide bonds. The van der Waals surface area contributed by atoms with Gasteiger partial charge in [0.05, 0.1) is 13.3 Å². The van der Waals surface area contributed by atoms with Gasteiger partial charge in [-0.25, -0.2) is 0 Å². The van der Waals surface area contributed by atoms with E-state index in [-0.39, 0.29) is 5.54 Å². The summed E-state index contributed by atoms with van der Waals surface area (Å²) >= 11 is 0. The predicted octanol–water partition coefficient (Wildman–Crippen LogP) is 1.60. The lowest BCUT2D eigenvalue weighted by Crippen LogP contribution is -2.38. The molecule has 0 heterocycles. The van der Waals surface area contributed by atoms with Crippen LogP contribution in [0, 0.1) is 6.42 Å². The molecule has 0 aromatic heterocycles. The van der Waals surface area contributed by atoms with E-state index in [1.807, 2.05) is 7.05 Å². The maximum absolute atomic E-state index is 3.22. The summed E-state index contributed by atoms with van der Waals surface area (Å²) < 4.78 is 0. The van der Waals surface area contributed by atoms with Crippen molar-refractivity contribution >= 4 is 0 Å². The van der Waals surface area contributed by atoms with Crippen LogP contribution in [0.2, 0.25) is 0 Å². The van der Waals surface area contributed by atoms with Crippen molar-refractivity contribution in [3.8, 4) is 0 Å². The maximum atomic E-state index is 3.22. The van der Waals surface area contributed by atoms with Gasteiger partial charge in [-0.05, 0) is 14.0 Å². The topological polar surface area (TPSA) is 12.0 Å². The second kappa shape index (κ2) is 2.98. The van der Waals surface area contributed by atoms with E-state index in [1.54, 1.807) is 0 Å². The molecule has 1 unspecified atom stereocenters. The molecule has 0 aliphatic rings. The molecule has 0 saturated heterocycles. The monoisotopic (exact) mass is 114 g/mol. The molecule has 0 aromatic rings. The zero-order valence-corrected chi connectivity index (χ0v) is 6.28. The van der Waals surface area contributed by atoms with E-state index < -0.39 is 0 Å². The van der Waals surface area contributed by atoms with E-state index in [1.165, 1.54) is 0 Å². The average molecular weight is 114 g/mol. The van der Waals surface area contributed by atoms with Gasteiger partial charge in [0.15, 0.2) is 5.54 Å². The molecular formula is C7H16N+. The quantitative estimate of drug-likeness (QED) is 0.549. The molecule has 0 aliphatic heterocycles. The van der Waals surface area contributed by atoms with Gasteiger partial charge in [0.25, 0.3) is 0 Å². The van der Waals surface area contributed by atoms with Crippen LogP contribution in [0.3, 0.4) is 0 Å². The number of nitrogens with one attached hydrogen (secondary N) is 1. The van der Waals surface area contributed by atoms with Gasteiger partial charge in [0.1, 0.15) is 0 Å². The summed E-state index contributed by atoms with van der Waals surface area (Å²) in [5.41, 5.74) is 0.250. The molecule has 0 bridgehead atoms. The molecule has 0 aromatic carbocycles. The zero-order chi connectivity index (χ0) is 6.62. The molecule has 48 valence electrons. The largest absolute Gasteiger partial charge is 0.277 e. The smallest absolute Gasteiger partial charge is 0.155 e. The summed E-state index contributed by atoms with van der Waals surface area (Å²) in [7, 11) is 1.99. The Bertz CT molecular complexity index is 47.1. The van der Waals surface area contributed by atoms with Crippen molar-refractivity contribution in [3.05, 3.63) is 6.42 Å². The Morgan fingerprint density at radius 1 is 1.62 bits per heavy atom. The van der Waals surface area contributed by atoms with Crippen LogP contribution in [0.4, 0.5) is 0 Å². The Balaban J connectivity index is 3.58. The van der Waals surface area contributed by atoms with Crippen LogP contribution in [0.5, 0.6) is 0 Å². The van der Waals surface area contributed by atoms with Crippen LogP contribution in [-0.4, -0.2) is 12.6 Å². The third-order valence-corrected chi connectivity index (χ3v) is 1.94. The van der Waals surface area contributed by atoms with Crippen molar-refractivity contribution in [1.29, 1.82) is 0 Å². The summed E-state index contributed by atoms with van der Waals surface area (Å²) in [5, 5.41) is 3.22. The molecule has 0 saturated carbocycles. The molecule has 1 nitrogen and oxygen atoms in total. The number of hydrogen-bond acceptors (Lipinski definition) is 1. The highest BCUT2D eigenvalue weighted by atomic mass is 14.9. The second-order valence-corrected chi connectivity index (χ2v) is 2.31. The van der Waals surface area contributed by atoms with Gasteiger partial charge in [-0.15, -0.1) is 0 Å². The molecule has 1 heteroatoms. The van der Waals surface area contributed by atoms with Gasteiger partial charge in [0.2, 0.25) is 0 Å². The first-order valence-electron chi connectivity index (χ1n) is 3.18. The zero-order valence-electron chi connectivity index (χ0n) is 6.28. The number of rotatable bonds is 3. The van der Waals surface area contributed by atoms with Crippen molar-refractivity contribution < 1.29 is 0 Å². The lowest BCUT2D eigenvalue weighted by Gasteiger charge is -2.16. The maximum Gasteiger partial charge on any atom is 0.155 e. The fourth-order valence-corrected chi connectivity index (χ4v) is 0.525. The lowest BCUT2D eigenvalue weighted by atomic mass is 9.96. The highest BCUT2D eigenvalue weighted by Gasteiger charge is 2.24. The minimum atomic E-state index is 0.250. The van der Waals surface area contributed by atoms with Crippen LogP contribution in [0.25, 0.3) is 0 Å². The first-order chi connectivity index (χ1) is 3.68. The SMILES string of the molecule is C[CH+]C(C)(CC)NC. The van der Waals surface area contributed by atoms with Crippen molar-refractivity contribution in [2.24, 2.45) is 0 Å². The van der Waals surface area contributed by atoms with Gasteiger partial charge >= 0.3 is 0 Å². The van der Waals surface area contributed by atoms with Crippen LogP contribution < -0.4 is 5.32 Å². The summed E-state index contributed by atoms with van der Waals surface area (Å²) in [6.07, 6.45) is 3.34. The van der Waals surface area contributed by atoms with Crippen LogP contribution in [0.15, 0.2) is 0 Å². The van der Waals surface area contributed by atoms with Gasteiger partial charge in [0, 0.05) is 6.42 Å². The van der Waals surface area contributed by atoms with E-state index in [0.717, 1.165) is 6.42 Å². The second-order valence-electron chi connectivity index (χ2n) is 2.31.